The van der Waals surface area contributed by atoms with Gasteiger partial charge in [-0.15, -0.1) is 0 Å². The van der Waals surface area contributed by atoms with E-state index in [9.17, 15) is 0 Å². The Morgan fingerprint density at radius 3 is 2.00 bits per heavy atom. The molecule has 0 aliphatic heterocycles. The number of hydrogen-bond donors (Lipinski definition) is 3. The number of aliphatic hydroxyl groups excluding tert-OH is 2. The monoisotopic (exact) mass is 120 g/mol. The Bertz CT molecular complexity index is 46.5. The van der Waals surface area contributed by atoms with Gasteiger partial charge in [0, 0.05) is 0 Å². The SMILES string of the molecule is OBOC(CO)CO. The van der Waals surface area contributed by atoms with Gasteiger partial charge in [-0.3, -0.25) is 0 Å². The van der Waals surface area contributed by atoms with Gasteiger partial charge in [0.25, 0.3) is 0 Å². The van der Waals surface area contributed by atoms with Crippen molar-refractivity contribution in [3.63, 3.8) is 0 Å². The molecule has 0 amide bonds. The summed E-state index contributed by atoms with van der Waals surface area (Å²) in [5.41, 5.74) is 0. The summed E-state index contributed by atoms with van der Waals surface area (Å²) in [7, 11) is -0.466. The molecule has 0 aliphatic rings. The summed E-state index contributed by atoms with van der Waals surface area (Å²) in [6, 6.07) is 0. The Morgan fingerprint density at radius 2 is 1.88 bits per heavy atom. The van der Waals surface area contributed by atoms with Crippen LogP contribution in [0.2, 0.25) is 0 Å². The third-order valence-electron chi connectivity index (χ3n) is 0.718. The zero-order valence-electron chi connectivity index (χ0n) is 4.45. The number of aliphatic hydroxyl groups is 2. The lowest BCUT2D eigenvalue weighted by Gasteiger charge is -2.07. The van der Waals surface area contributed by atoms with Crippen molar-refractivity contribution < 1.29 is 19.9 Å². The molecule has 0 saturated heterocycles. The fraction of sp³-hybridized carbons (Fsp3) is 1.00. The Balaban J connectivity index is 3.07. The smallest absolute Gasteiger partial charge is 0.430 e. The van der Waals surface area contributed by atoms with Crippen molar-refractivity contribution in [2.45, 2.75) is 6.10 Å². The van der Waals surface area contributed by atoms with Gasteiger partial charge in [-0.1, -0.05) is 0 Å². The minimum Gasteiger partial charge on any atom is -0.430 e. The minimum atomic E-state index is -0.639. The van der Waals surface area contributed by atoms with Crippen molar-refractivity contribution in [3.8, 4) is 0 Å². The maximum Gasteiger partial charge on any atom is 0.435 e. The van der Waals surface area contributed by atoms with E-state index in [2.05, 4.69) is 4.65 Å². The molecule has 0 spiro atoms. The maximum absolute atomic E-state index is 8.26. The van der Waals surface area contributed by atoms with Gasteiger partial charge in [0.05, 0.1) is 19.3 Å². The molecule has 0 rings (SSSR count). The molecule has 0 radical (unpaired) electrons. The highest BCUT2D eigenvalue weighted by molar-refractivity contribution is 6.15. The molecule has 0 bridgehead atoms. The van der Waals surface area contributed by atoms with E-state index in [-0.39, 0.29) is 13.2 Å². The van der Waals surface area contributed by atoms with Crippen LogP contribution in [0.4, 0.5) is 0 Å². The van der Waals surface area contributed by atoms with Crippen LogP contribution in [0.25, 0.3) is 0 Å². The molecular formula is C3H9BO4. The molecule has 0 unspecified atom stereocenters. The molecule has 0 heterocycles. The molecule has 8 heavy (non-hydrogen) atoms. The van der Waals surface area contributed by atoms with Crippen molar-refractivity contribution in [2.24, 2.45) is 0 Å². The van der Waals surface area contributed by atoms with Crippen molar-refractivity contribution in [3.05, 3.63) is 0 Å². The molecule has 0 aromatic heterocycles. The predicted molar refractivity (Wildman–Crippen MR) is 28.4 cm³/mol. The lowest BCUT2D eigenvalue weighted by atomic mass is 10.3. The molecule has 5 heteroatoms. The lowest BCUT2D eigenvalue weighted by molar-refractivity contribution is 0.0554. The van der Waals surface area contributed by atoms with Gasteiger partial charge in [0.2, 0.25) is 0 Å². The molecule has 0 atom stereocenters. The minimum absolute atomic E-state index is 0.267. The fourth-order valence-electron chi connectivity index (χ4n) is 0.269. The molecule has 0 aromatic rings. The lowest BCUT2D eigenvalue weighted by Crippen LogP contribution is -2.23. The van der Waals surface area contributed by atoms with Gasteiger partial charge < -0.3 is 19.9 Å². The number of hydrogen-bond acceptors (Lipinski definition) is 4. The molecule has 3 N–H and O–H groups in total. The first-order chi connectivity index (χ1) is 3.85. The van der Waals surface area contributed by atoms with Crippen LogP contribution >= 0.6 is 0 Å². The van der Waals surface area contributed by atoms with Gasteiger partial charge in [0.1, 0.15) is 0 Å². The summed E-state index contributed by atoms with van der Waals surface area (Å²) in [6.07, 6.45) is -0.639. The summed E-state index contributed by atoms with van der Waals surface area (Å²) in [5, 5.41) is 24.6. The van der Waals surface area contributed by atoms with Crippen molar-refractivity contribution >= 4 is 7.69 Å². The van der Waals surface area contributed by atoms with Crippen molar-refractivity contribution in [2.75, 3.05) is 13.2 Å². The van der Waals surface area contributed by atoms with Crippen LogP contribution in [0.5, 0.6) is 0 Å². The molecule has 0 fully saturated rings. The highest BCUT2D eigenvalue weighted by Crippen LogP contribution is 1.83. The summed E-state index contributed by atoms with van der Waals surface area (Å²) < 4.78 is 4.40. The summed E-state index contributed by atoms with van der Waals surface area (Å²) >= 11 is 0. The van der Waals surface area contributed by atoms with E-state index in [1.54, 1.807) is 0 Å². The molecule has 0 saturated carbocycles. The normalized spacial score (nSPS) is 10.0. The Morgan fingerprint density at radius 1 is 1.38 bits per heavy atom. The first-order valence-electron chi connectivity index (χ1n) is 2.29. The Kier molecular flexibility index (Phi) is 4.99. The largest absolute Gasteiger partial charge is 0.435 e. The first kappa shape index (κ1) is 7.90. The van der Waals surface area contributed by atoms with Gasteiger partial charge >= 0.3 is 7.69 Å². The van der Waals surface area contributed by atoms with E-state index in [0.717, 1.165) is 0 Å². The van der Waals surface area contributed by atoms with E-state index in [1.165, 1.54) is 0 Å². The van der Waals surface area contributed by atoms with E-state index >= 15 is 0 Å². The van der Waals surface area contributed by atoms with Crippen molar-refractivity contribution in [1.82, 2.24) is 0 Å². The third kappa shape index (κ3) is 2.98. The standard InChI is InChI=1S/C3H9BO4/c5-1-3(2-6)8-4-7/h3-7H,1-2H2. The quantitative estimate of drug-likeness (QED) is 0.362. The second-order valence-corrected chi connectivity index (χ2v) is 1.28. The molecular weight excluding hydrogens is 111 g/mol. The highest BCUT2D eigenvalue weighted by Gasteiger charge is 2.03. The second-order valence-electron chi connectivity index (χ2n) is 1.28. The zero-order valence-corrected chi connectivity index (χ0v) is 4.45. The predicted octanol–water partition coefficient (Wildman–Crippen LogP) is -2.38. The average molecular weight is 120 g/mol. The van der Waals surface area contributed by atoms with Crippen LogP contribution in [0.15, 0.2) is 0 Å². The van der Waals surface area contributed by atoms with Gasteiger partial charge in [-0.25, -0.2) is 0 Å². The maximum atomic E-state index is 8.26. The van der Waals surface area contributed by atoms with E-state index in [4.69, 9.17) is 15.2 Å². The van der Waals surface area contributed by atoms with Crippen LogP contribution in [0.1, 0.15) is 0 Å². The Hall–Kier alpha value is -0.0951. The Labute approximate surface area is 48.0 Å². The van der Waals surface area contributed by atoms with Crippen LogP contribution in [-0.4, -0.2) is 42.2 Å². The number of rotatable bonds is 4. The van der Waals surface area contributed by atoms with Gasteiger partial charge in [-0.05, 0) is 0 Å². The van der Waals surface area contributed by atoms with E-state index < -0.39 is 13.8 Å². The molecule has 4 nitrogen and oxygen atoms in total. The molecule has 0 aromatic carbocycles. The van der Waals surface area contributed by atoms with Crippen LogP contribution in [0.3, 0.4) is 0 Å². The topological polar surface area (TPSA) is 69.9 Å². The summed E-state index contributed by atoms with van der Waals surface area (Å²) in [5.74, 6) is 0. The third-order valence-corrected chi connectivity index (χ3v) is 0.718. The summed E-state index contributed by atoms with van der Waals surface area (Å²) in [4.78, 5) is 0. The average Bonchev–Trinajstić information content (AvgIpc) is 1.83. The fourth-order valence-corrected chi connectivity index (χ4v) is 0.269. The molecule has 48 valence electrons. The molecule has 0 aliphatic carbocycles. The highest BCUT2D eigenvalue weighted by atomic mass is 16.5. The van der Waals surface area contributed by atoms with Crippen LogP contribution in [-0.2, 0) is 4.65 Å². The van der Waals surface area contributed by atoms with E-state index in [1.807, 2.05) is 0 Å². The van der Waals surface area contributed by atoms with Gasteiger partial charge in [-0.2, -0.15) is 0 Å². The van der Waals surface area contributed by atoms with Gasteiger partial charge in [0.15, 0.2) is 0 Å². The van der Waals surface area contributed by atoms with Crippen molar-refractivity contribution in [1.29, 1.82) is 0 Å². The zero-order chi connectivity index (χ0) is 6.41. The van der Waals surface area contributed by atoms with E-state index in [0.29, 0.717) is 0 Å². The second kappa shape index (κ2) is 5.05. The van der Waals surface area contributed by atoms with Crippen LogP contribution < -0.4 is 0 Å². The first-order valence-corrected chi connectivity index (χ1v) is 2.29. The summed E-state index contributed by atoms with van der Waals surface area (Å²) in [6.45, 7) is -0.534. The van der Waals surface area contributed by atoms with Crippen LogP contribution in [0, 0.1) is 0 Å².